The minimum atomic E-state index is -1.49. The Morgan fingerprint density at radius 1 is 0.900 bits per heavy atom. The summed E-state index contributed by atoms with van der Waals surface area (Å²) in [5.41, 5.74) is -1.40. The van der Waals surface area contributed by atoms with Crippen molar-refractivity contribution in [3.8, 4) is 0 Å². The number of carbonyl (C=O) groups excluding carboxylic acids is 2. The van der Waals surface area contributed by atoms with Crippen LogP contribution in [0.5, 0.6) is 0 Å². The maximum absolute atomic E-state index is 12.1. The van der Waals surface area contributed by atoms with Gasteiger partial charge in [0, 0.05) is 13.0 Å². The minimum absolute atomic E-state index is 0.0670. The lowest BCUT2D eigenvalue weighted by atomic mass is 9.86. The first-order valence-electron chi connectivity index (χ1n) is 9.82. The third kappa shape index (κ3) is 10.6. The fraction of sp³-hybridized carbons (Fsp3) is 0.737. The third-order valence-corrected chi connectivity index (χ3v) is 4.66. The molecule has 30 heavy (non-hydrogen) atoms. The van der Waals surface area contributed by atoms with Crippen LogP contribution in [-0.4, -0.2) is 63.8 Å². The van der Waals surface area contributed by atoms with Crippen molar-refractivity contribution in [3.05, 3.63) is 0 Å². The van der Waals surface area contributed by atoms with Crippen LogP contribution in [0.1, 0.15) is 59.8 Å². The molecule has 0 saturated heterocycles. The van der Waals surface area contributed by atoms with Crippen molar-refractivity contribution >= 4 is 29.8 Å². The number of hydrogen-bond acceptors (Lipinski definition) is 5. The van der Waals surface area contributed by atoms with Crippen LogP contribution in [0, 0.1) is 11.3 Å². The maximum Gasteiger partial charge on any atom is 0.326 e. The monoisotopic (exact) mass is 431 g/mol. The molecule has 0 heterocycles. The Hall–Kier alpha value is -2.85. The number of carboxylic acid groups (broad SMARTS) is 3. The number of amides is 3. The van der Waals surface area contributed by atoms with E-state index in [1.165, 1.54) is 13.8 Å². The molecule has 0 aromatic carbocycles. The van der Waals surface area contributed by atoms with E-state index in [9.17, 15) is 34.2 Å². The van der Waals surface area contributed by atoms with Crippen LogP contribution in [0.4, 0.5) is 4.79 Å². The summed E-state index contributed by atoms with van der Waals surface area (Å²) < 4.78 is 0. The molecule has 0 fully saturated rings. The molecule has 11 heteroatoms. The fourth-order valence-corrected chi connectivity index (χ4v) is 2.60. The normalized spacial score (nSPS) is 14.1. The quantitative estimate of drug-likeness (QED) is 0.236. The molecular formula is C19H33N3O8. The predicted molar refractivity (Wildman–Crippen MR) is 107 cm³/mol. The number of nitrogens with one attached hydrogen (secondary N) is 3. The number of carboxylic acids is 3. The van der Waals surface area contributed by atoms with Gasteiger partial charge in [0.15, 0.2) is 0 Å². The van der Waals surface area contributed by atoms with Crippen LogP contribution in [0.25, 0.3) is 0 Å². The molecule has 6 N–H and O–H groups in total. The van der Waals surface area contributed by atoms with E-state index >= 15 is 0 Å². The summed E-state index contributed by atoms with van der Waals surface area (Å²) in [5.74, 6) is -3.85. The lowest BCUT2D eigenvalue weighted by Gasteiger charge is -2.25. The SMILES string of the molecule is CCC(=O)NCC(C)CCCC(NC(=O)NC(CC(C)(C)C(=O)O)C(=O)O)C(=O)O. The second-order valence-corrected chi connectivity index (χ2v) is 7.99. The van der Waals surface area contributed by atoms with Crippen molar-refractivity contribution in [1.82, 2.24) is 16.0 Å². The highest BCUT2D eigenvalue weighted by Crippen LogP contribution is 2.22. The van der Waals surface area contributed by atoms with Gasteiger partial charge in [-0.3, -0.25) is 9.59 Å². The average Bonchev–Trinajstić information content (AvgIpc) is 2.64. The third-order valence-electron chi connectivity index (χ3n) is 4.66. The Kier molecular flexibility index (Phi) is 11.5. The number of aliphatic carboxylic acids is 3. The van der Waals surface area contributed by atoms with Gasteiger partial charge < -0.3 is 31.3 Å². The highest BCUT2D eigenvalue weighted by molar-refractivity contribution is 5.86. The van der Waals surface area contributed by atoms with E-state index in [1.807, 2.05) is 6.92 Å². The number of carbonyl (C=O) groups is 5. The molecule has 0 saturated carbocycles. The molecule has 0 aliphatic heterocycles. The fourth-order valence-electron chi connectivity index (χ4n) is 2.60. The van der Waals surface area contributed by atoms with Crippen LogP contribution < -0.4 is 16.0 Å². The second-order valence-electron chi connectivity index (χ2n) is 7.99. The molecule has 0 spiro atoms. The topological polar surface area (TPSA) is 182 Å². The Labute approximate surface area is 175 Å². The Morgan fingerprint density at radius 2 is 1.43 bits per heavy atom. The summed E-state index contributed by atoms with van der Waals surface area (Å²) in [6, 6.07) is -3.73. The summed E-state index contributed by atoms with van der Waals surface area (Å²) >= 11 is 0. The van der Waals surface area contributed by atoms with Gasteiger partial charge in [-0.05, 0) is 39.0 Å². The smallest absolute Gasteiger partial charge is 0.326 e. The second kappa shape index (κ2) is 12.7. The molecule has 0 aromatic heterocycles. The van der Waals surface area contributed by atoms with Gasteiger partial charge in [-0.15, -0.1) is 0 Å². The van der Waals surface area contributed by atoms with Gasteiger partial charge in [-0.25, -0.2) is 14.4 Å². The van der Waals surface area contributed by atoms with Gasteiger partial charge in [0.2, 0.25) is 5.91 Å². The van der Waals surface area contributed by atoms with Gasteiger partial charge in [0.05, 0.1) is 5.41 Å². The summed E-state index contributed by atoms with van der Waals surface area (Å²) in [5, 5.41) is 34.8. The van der Waals surface area contributed by atoms with Crippen molar-refractivity contribution in [1.29, 1.82) is 0 Å². The molecule has 0 aromatic rings. The van der Waals surface area contributed by atoms with Crippen LogP contribution in [-0.2, 0) is 19.2 Å². The van der Waals surface area contributed by atoms with Crippen LogP contribution in [0.3, 0.4) is 0 Å². The van der Waals surface area contributed by atoms with Gasteiger partial charge >= 0.3 is 23.9 Å². The van der Waals surface area contributed by atoms with Gasteiger partial charge in [0.1, 0.15) is 12.1 Å². The number of hydrogen-bond donors (Lipinski definition) is 6. The average molecular weight is 431 g/mol. The standard InChI is InChI=1S/C19H33N3O8/c1-5-14(23)20-10-11(2)7-6-8-12(15(24)25)21-18(30)22-13(16(26)27)9-19(3,4)17(28)29/h11-13H,5-10H2,1-4H3,(H,20,23)(H,24,25)(H,26,27)(H,28,29)(H2,21,22,30). The van der Waals surface area contributed by atoms with E-state index in [1.54, 1.807) is 6.92 Å². The molecule has 172 valence electrons. The molecule has 0 radical (unpaired) electrons. The van der Waals surface area contributed by atoms with Crippen molar-refractivity contribution in [3.63, 3.8) is 0 Å². The van der Waals surface area contributed by atoms with Crippen LogP contribution in [0.15, 0.2) is 0 Å². The van der Waals surface area contributed by atoms with Crippen molar-refractivity contribution in [2.75, 3.05) is 6.54 Å². The van der Waals surface area contributed by atoms with Gasteiger partial charge in [-0.2, -0.15) is 0 Å². The molecule has 3 unspecified atom stereocenters. The lowest BCUT2D eigenvalue weighted by molar-refractivity contribution is -0.149. The van der Waals surface area contributed by atoms with E-state index in [0.29, 0.717) is 25.8 Å². The van der Waals surface area contributed by atoms with E-state index in [-0.39, 0.29) is 24.7 Å². The number of rotatable bonds is 14. The zero-order valence-electron chi connectivity index (χ0n) is 17.9. The molecule has 0 aliphatic rings. The summed E-state index contributed by atoms with van der Waals surface area (Å²) in [7, 11) is 0. The highest BCUT2D eigenvalue weighted by atomic mass is 16.4. The maximum atomic E-state index is 12.1. The molecule has 3 amide bonds. The van der Waals surface area contributed by atoms with Gasteiger partial charge in [0.25, 0.3) is 0 Å². The molecule has 0 bridgehead atoms. The molecular weight excluding hydrogens is 398 g/mol. The summed E-state index contributed by atoms with van der Waals surface area (Å²) in [4.78, 5) is 57.3. The zero-order chi connectivity index (χ0) is 23.5. The van der Waals surface area contributed by atoms with Crippen LogP contribution in [0.2, 0.25) is 0 Å². The Balaban J connectivity index is 4.69. The van der Waals surface area contributed by atoms with E-state index in [0.717, 1.165) is 0 Å². The molecule has 0 aliphatic carbocycles. The number of urea groups is 1. The van der Waals surface area contributed by atoms with E-state index in [2.05, 4.69) is 16.0 Å². The summed E-state index contributed by atoms with van der Waals surface area (Å²) in [6.45, 7) is 6.78. The van der Waals surface area contributed by atoms with E-state index in [4.69, 9.17) is 5.11 Å². The molecule has 11 nitrogen and oxygen atoms in total. The predicted octanol–water partition coefficient (Wildman–Crippen LogP) is 1.03. The molecule has 0 rings (SSSR count). The first kappa shape index (κ1) is 27.1. The Bertz CT molecular complexity index is 635. The van der Waals surface area contributed by atoms with E-state index < -0.39 is 41.4 Å². The largest absolute Gasteiger partial charge is 0.481 e. The van der Waals surface area contributed by atoms with Crippen LogP contribution >= 0.6 is 0 Å². The first-order valence-corrected chi connectivity index (χ1v) is 9.82. The van der Waals surface area contributed by atoms with Crippen molar-refractivity contribution in [2.45, 2.75) is 71.9 Å². The molecule has 3 atom stereocenters. The van der Waals surface area contributed by atoms with Crippen molar-refractivity contribution < 1.29 is 39.3 Å². The van der Waals surface area contributed by atoms with Crippen molar-refractivity contribution in [2.24, 2.45) is 11.3 Å². The first-order chi connectivity index (χ1) is 13.8. The summed E-state index contributed by atoms with van der Waals surface area (Å²) in [6.07, 6.45) is 1.22. The highest BCUT2D eigenvalue weighted by Gasteiger charge is 2.35. The minimum Gasteiger partial charge on any atom is -0.481 e. The lowest BCUT2D eigenvalue weighted by Crippen LogP contribution is -2.52. The van der Waals surface area contributed by atoms with Gasteiger partial charge in [-0.1, -0.05) is 20.3 Å². The Morgan fingerprint density at radius 3 is 1.90 bits per heavy atom. The zero-order valence-corrected chi connectivity index (χ0v) is 17.9.